The Morgan fingerprint density at radius 3 is 2.35 bits per heavy atom. The molecule has 0 saturated carbocycles. The van der Waals surface area contributed by atoms with Crippen molar-refractivity contribution >= 4 is 21.7 Å². The van der Waals surface area contributed by atoms with Crippen molar-refractivity contribution in [3.63, 3.8) is 0 Å². The molecular weight excluding hydrogens is 316 g/mol. The van der Waals surface area contributed by atoms with Crippen molar-refractivity contribution in [1.82, 2.24) is 0 Å². The number of ether oxygens (including phenoxy) is 1. The summed E-state index contributed by atoms with van der Waals surface area (Å²) >= 11 is 3.42. The Labute approximate surface area is 130 Å². The summed E-state index contributed by atoms with van der Waals surface area (Å²) in [6.07, 6.45) is 2.34. The van der Waals surface area contributed by atoms with Gasteiger partial charge in [-0.25, -0.2) is 0 Å². The van der Waals surface area contributed by atoms with E-state index in [0.29, 0.717) is 23.8 Å². The van der Waals surface area contributed by atoms with E-state index in [1.165, 1.54) is 0 Å². The fourth-order valence-electron chi connectivity index (χ4n) is 3.27. The normalized spacial score (nSPS) is 17.2. The second-order valence-corrected chi connectivity index (χ2v) is 7.64. The molecule has 0 radical (unpaired) electrons. The molecule has 1 aliphatic heterocycles. The van der Waals surface area contributed by atoms with Gasteiger partial charge in [-0.05, 0) is 42.9 Å². The molecule has 1 aromatic rings. The lowest BCUT2D eigenvalue weighted by Crippen LogP contribution is -2.44. The van der Waals surface area contributed by atoms with Gasteiger partial charge >= 0.3 is 0 Å². The summed E-state index contributed by atoms with van der Waals surface area (Å²) in [5.74, 6) is 1.97. The molecule has 3 heteroatoms. The van der Waals surface area contributed by atoms with Crippen LogP contribution in [0.3, 0.4) is 0 Å². The lowest BCUT2D eigenvalue weighted by atomic mass is 9.78. The molecule has 0 saturated heterocycles. The van der Waals surface area contributed by atoms with Crippen molar-refractivity contribution < 1.29 is 9.53 Å². The van der Waals surface area contributed by atoms with E-state index in [1.807, 2.05) is 18.2 Å². The summed E-state index contributed by atoms with van der Waals surface area (Å²) in [5, 5.41) is 0. The second-order valence-electron chi connectivity index (χ2n) is 6.72. The van der Waals surface area contributed by atoms with Crippen molar-refractivity contribution in [2.75, 3.05) is 0 Å². The minimum Gasteiger partial charge on any atom is -0.486 e. The van der Waals surface area contributed by atoms with E-state index >= 15 is 0 Å². The van der Waals surface area contributed by atoms with Crippen molar-refractivity contribution in [2.24, 2.45) is 11.8 Å². The van der Waals surface area contributed by atoms with Crippen LogP contribution in [0.1, 0.15) is 57.3 Å². The van der Waals surface area contributed by atoms with E-state index in [4.69, 9.17) is 4.74 Å². The van der Waals surface area contributed by atoms with Crippen LogP contribution in [0.25, 0.3) is 0 Å². The quantitative estimate of drug-likeness (QED) is 0.749. The first-order valence-corrected chi connectivity index (χ1v) is 8.12. The highest BCUT2D eigenvalue weighted by Gasteiger charge is 2.41. The molecule has 0 aromatic heterocycles. The average molecular weight is 339 g/mol. The Morgan fingerprint density at radius 2 is 1.80 bits per heavy atom. The number of Topliss-reactive ketones (excluding diaryl/α,β-unsaturated/α-hetero) is 1. The molecule has 0 spiro atoms. The van der Waals surface area contributed by atoms with Gasteiger partial charge in [-0.3, -0.25) is 4.79 Å². The third-order valence-electron chi connectivity index (χ3n) is 3.61. The summed E-state index contributed by atoms with van der Waals surface area (Å²) in [4.78, 5) is 12.5. The van der Waals surface area contributed by atoms with Crippen LogP contribution in [0.5, 0.6) is 5.75 Å². The monoisotopic (exact) mass is 338 g/mol. The zero-order chi connectivity index (χ0) is 14.9. The van der Waals surface area contributed by atoms with E-state index in [0.717, 1.165) is 23.1 Å². The zero-order valence-electron chi connectivity index (χ0n) is 12.7. The van der Waals surface area contributed by atoms with Crippen LogP contribution in [0, 0.1) is 11.8 Å². The number of fused-ring (bicyclic) bond motifs is 1. The second kappa shape index (κ2) is 5.88. The summed E-state index contributed by atoms with van der Waals surface area (Å²) in [5.41, 5.74) is 0.378. The Morgan fingerprint density at radius 1 is 1.20 bits per heavy atom. The smallest absolute Gasteiger partial charge is 0.170 e. The lowest BCUT2D eigenvalue weighted by molar-refractivity contribution is 0.0105. The van der Waals surface area contributed by atoms with Crippen LogP contribution >= 0.6 is 15.9 Å². The zero-order valence-corrected chi connectivity index (χ0v) is 14.3. The topological polar surface area (TPSA) is 26.3 Å². The van der Waals surface area contributed by atoms with Gasteiger partial charge in [-0.1, -0.05) is 43.6 Å². The molecule has 20 heavy (non-hydrogen) atoms. The maximum atomic E-state index is 12.5. The van der Waals surface area contributed by atoms with Gasteiger partial charge in [0.15, 0.2) is 5.78 Å². The minimum atomic E-state index is -0.333. The van der Waals surface area contributed by atoms with Gasteiger partial charge in [-0.2, -0.15) is 0 Å². The fourth-order valence-corrected chi connectivity index (χ4v) is 3.63. The van der Waals surface area contributed by atoms with Gasteiger partial charge in [0.25, 0.3) is 0 Å². The molecule has 0 bridgehead atoms. The van der Waals surface area contributed by atoms with Crippen LogP contribution in [-0.2, 0) is 0 Å². The number of carbonyl (C=O) groups excluding carboxylic acids is 1. The molecule has 2 nitrogen and oxygen atoms in total. The molecule has 1 aliphatic rings. The predicted octanol–water partition coefficient (Wildman–Crippen LogP) is 5.25. The van der Waals surface area contributed by atoms with Crippen molar-refractivity contribution in [1.29, 1.82) is 0 Å². The number of benzene rings is 1. The first-order chi connectivity index (χ1) is 9.31. The molecule has 110 valence electrons. The summed E-state index contributed by atoms with van der Waals surface area (Å²) in [6.45, 7) is 8.75. The third-order valence-corrected chi connectivity index (χ3v) is 4.10. The van der Waals surface area contributed by atoms with Crippen molar-refractivity contribution in [3.05, 3.63) is 28.2 Å². The van der Waals surface area contributed by atoms with Gasteiger partial charge in [0.1, 0.15) is 11.4 Å². The SMILES string of the molecule is CC(C)CC1(CC(C)C)CC(=O)c2cc(Br)ccc2O1. The first-order valence-electron chi connectivity index (χ1n) is 7.33. The number of halogens is 1. The summed E-state index contributed by atoms with van der Waals surface area (Å²) < 4.78 is 7.25. The summed E-state index contributed by atoms with van der Waals surface area (Å²) in [6, 6.07) is 5.71. The number of carbonyl (C=O) groups is 1. The molecule has 2 rings (SSSR count). The van der Waals surface area contributed by atoms with E-state index in [9.17, 15) is 4.79 Å². The Kier molecular flexibility index (Phi) is 4.58. The third kappa shape index (κ3) is 3.43. The van der Waals surface area contributed by atoms with E-state index in [-0.39, 0.29) is 11.4 Å². The van der Waals surface area contributed by atoms with Crippen LogP contribution < -0.4 is 4.74 Å². The number of rotatable bonds is 4. The molecule has 0 amide bonds. The fraction of sp³-hybridized carbons (Fsp3) is 0.588. The molecule has 0 fully saturated rings. The van der Waals surface area contributed by atoms with Gasteiger partial charge in [0.2, 0.25) is 0 Å². The maximum Gasteiger partial charge on any atom is 0.170 e. The molecule has 0 atom stereocenters. The van der Waals surface area contributed by atoms with E-state index in [1.54, 1.807) is 0 Å². The molecule has 1 aromatic carbocycles. The van der Waals surface area contributed by atoms with Crippen molar-refractivity contribution in [2.45, 2.75) is 52.6 Å². The van der Waals surface area contributed by atoms with Crippen LogP contribution in [0.4, 0.5) is 0 Å². The highest BCUT2D eigenvalue weighted by Crippen LogP contribution is 2.41. The maximum absolute atomic E-state index is 12.5. The Bertz CT molecular complexity index is 496. The van der Waals surface area contributed by atoms with Gasteiger partial charge in [0, 0.05) is 4.47 Å². The number of ketones is 1. The molecule has 0 aliphatic carbocycles. The Hall–Kier alpha value is -0.830. The first kappa shape index (κ1) is 15.6. The highest BCUT2D eigenvalue weighted by molar-refractivity contribution is 9.10. The van der Waals surface area contributed by atoms with E-state index < -0.39 is 0 Å². The van der Waals surface area contributed by atoms with Crippen LogP contribution in [0.15, 0.2) is 22.7 Å². The van der Waals surface area contributed by atoms with Gasteiger partial charge < -0.3 is 4.74 Å². The standard InChI is InChI=1S/C17H23BrO2/c1-11(2)8-17(9-12(3)4)10-15(19)14-7-13(18)5-6-16(14)20-17/h5-7,11-12H,8-10H2,1-4H3. The molecule has 1 heterocycles. The van der Waals surface area contributed by atoms with Crippen LogP contribution in [-0.4, -0.2) is 11.4 Å². The Balaban J connectivity index is 2.37. The van der Waals surface area contributed by atoms with Crippen molar-refractivity contribution in [3.8, 4) is 5.75 Å². The number of hydrogen-bond donors (Lipinski definition) is 0. The lowest BCUT2D eigenvalue weighted by Gasteiger charge is -2.40. The highest BCUT2D eigenvalue weighted by atomic mass is 79.9. The minimum absolute atomic E-state index is 0.203. The molecule has 0 N–H and O–H groups in total. The molecular formula is C17H23BrO2. The number of hydrogen-bond acceptors (Lipinski definition) is 2. The van der Waals surface area contributed by atoms with Gasteiger partial charge in [-0.15, -0.1) is 0 Å². The molecule has 0 unspecified atom stereocenters. The largest absolute Gasteiger partial charge is 0.486 e. The van der Waals surface area contributed by atoms with Crippen LogP contribution in [0.2, 0.25) is 0 Å². The van der Waals surface area contributed by atoms with Gasteiger partial charge in [0.05, 0.1) is 12.0 Å². The summed E-state index contributed by atoms with van der Waals surface area (Å²) in [7, 11) is 0. The average Bonchev–Trinajstić information content (AvgIpc) is 2.28. The van der Waals surface area contributed by atoms with E-state index in [2.05, 4.69) is 43.6 Å². The predicted molar refractivity (Wildman–Crippen MR) is 85.4 cm³/mol.